The van der Waals surface area contributed by atoms with E-state index >= 15 is 0 Å². The molecule has 3 N–H and O–H groups in total. The number of hydrogen-bond donors (Lipinski definition) is 3. The second kappa shape index (κ2) is 7.27. The van der Waals surface area contributed by atoms with Gasteiger partial charge in [0.05, 0.1) is 6.54 Å². The van der Waals surface area contributed by atoms with E-state index in [1.54, 1.807) is 29.0 Å². The van der Waals surface area contributed by atoms with Crippen molar-refractivity contribution < 1.29 is 27.5 Å². The summed E-state index contributed by atoms with van der Waals surface area (Å²) in [5, 5.41) is 2.30. The number of carbonyl (C=O) groups excluding carboxylic acids is 3. The van der Waals surface area contributed by atoms with Crippen LogP contribution in [0.4, 0.5) is 9.59 Å². The zero-order valence-corrected chi connectivity index (χ0v) is 13.5. The summed E-state index contributed by atoms with van der Waals surface area (Å²) < 4.78 is 30.8. The third-order valence-corrected chi connectivity index (χ3v) is 4.15. The zero-order valence-electron chi connectivity index (χ0n) is 12.7. The molecule has 1 heterocycles. The van der Waals surface area contributed by atoms with Crippen LogP contribution in [0.15, 0.2) is 30.3 Å². The van der Waals surface area contributed by atoms with Crippen molar-refractivity contribution in [1.82, 2.24) is 19.7 Å². The Bertz CT molecular complexity index is 736. The van der Waals surface area contributed by atoms with E-state index in [0.717, 1.165) is 12.6 Å². The van der Waals surface area contributed by atoms with Crippen molar-refractivity contribution in [1.29, 1.82) is 0 Å². The first-order chi connectivity index (χ1) is 11.3. The van der Waals surface area contributed by atoms with E-state index in [4.69, 9.17) is 4.74 Å². The van der Waals surface area contributed by atoms with Crippen LogP contribution in [0.3, 0.4) is 0 Å². The highest BCUT2D eigenvalue weighted by molar-refractivity contribution is 7.88. The third-order valence-electron chi connectivity index (χ3n) is 3.17. The number of carbonyl (C=O) groups is 3. The van der Waals surface area contributed by atoms with E-state index in [1.807, 2.05) is 10.8 Å². The van der Waals surface area contributed by atoms with E-state index in [9.17, 15) is 22.8 Å². The highest BCUT2D eigenvalue weighted by Crippen LogP contribution is 2.11. The Hall–Kier alpha value is -2.66. The summed E-state index contributed by atoms with van der Waals surface area (Å²) in [6.07, 6.45) is -0.805. The van der Waals surface area contributed by atoms with Gasteiger partial charge in [0, 0.05) is 7.05 Å². The molecule has 1 saturated heterocycles. The lowest BCUT2D eigenvalue weighted by molar-refractivity contribution is -0.139. The smallest absolute Gasteiger partial charge is 0.408 e. The van der Waals surface area contributed by atoms with Crippen LogP contribution in [-0.4, -0.2) is 51.0 Å². The molecule has 10 nitrogen and oxygen atoms in total. The molecule has 0 aromatic heterocycles. The summed E-state index contributed by atoms with van der Waals surface area (Å²) in [6, 6.07) is 6.93. The molecule has 0 radical (unpaired) electrons. The van der Waals surface area contributed by atoms with E-state index < -0.39 is 34.3 Å². The molecule has 1 atom stereocenters. The Labute approximate surface area is 138 Å². The van der Waals surface area contributed by atoms with Crippen molar-refractivity contribution in [3.63, 3.8) is 0 Å². The van der Waals surface area contributed by atoms with E-state index in [1.165, 1.54) is 0 Å². The fourth-order valence-electron chi connectivity index (χ4n) is 1.84. The molecule has 11 heteroatoms. The number of nitrogens with one attached hydrogen (secondary N) is 3. The van der Waals surface area contributed by atoms with Crippen LogP contribution in [0, 0.1) is 0 Å². The lowest BCUT2D eigenvalue weighted by Gasteiger charge is -2.36. The van der Waals surface area contributed by atoms with Gasteiger partial charge in [0.2, 0.25) is 0 Å². The molecule has 0 spiro atoms. The van der Waals surface area contributed by atoms with Gasteiger partial charge in [0.1, 0.15) is 12.6 Å². The number of β-lactam (4-membered cyclic amide) rings is 1. The largest absolute Gasteiger partial charge is 0.445 e. The molecule has 0 bridgehead atoms. The summed E-state index contributed by atoms with van der Waals surface area (Å²) in [6.45, 7) is -0.109. The van der Waals surface area contributed by atoms with Crippen LogP contribution in [0.2, 0.25) is 0 Å². The van der Waals surface area contributed by atoms with Gasteiger partial charge in [-0.05, 0) is 5.56 Å². The predicted molar refractivity (Wildman–Crippen MR) is 81.8 cm³/mol. The van der Waals surface area contributed by atoms with Gasteiger partial charge in [-0.1, -0.05) is 30.3 Å². The van der Waals surface area contributed by atoms with E-state index in [-0.39, 0.29) is 13.2 Å². The summed E-state index contributed by atoms with van der Waals surface area (Å²) in [4.78, 5) is 35.6. The van der Waals surface area contributed by atoms with E-state index in [2.05, 4.69) is 5.32 Å². The van der Waals surface area contributed by atoms with Gasteiger partial charge in [0.25, 0.3) is 5.91 Å². The van der Waals surface area contributed by atoms with Crippen LogP contribution in [0.25, 0.3) is 0 Å². The fraction of sp³-hybridized carbons (Fsp3) is 0.308. The van der Waals surface area contributed by atoms with Crippen molar-refractivity contribution in [2.75, 3.05) is 13.6 Å². The van der Waals surface area contributed by atoms with Gasteiger partial charge < -0.3 is 10.1 Å². The number of benzene rings is 1. The second-order valence-electron chi connectivity index (χ2n) is 4.82. The van der Waals surface area contributed by atoms with Crippen molar-refractivity contribution in [2.24, 2.45) is 0 Å². The van der Waals surface area contributed by atoms with Crippen LogP contribution < -0.4 is 14.8 Å². The van der Waals surface area contributed by atoms with Crippen LogP contribution in [0.5, 0.6) is 0 Å². The minimum absolute atomic E-state index is 0.0399. The minimum atomic E-state index is -4.00. The first kappa shape index (κ1) is 17.7. The summed E-state index contributed by atoms with van der Waals surface area (Å²) in [5.41, 5.74) is 0.783. The van der Waals surface area contributed by atoms with Crippen molar-refractivity contribution >= 4 is 28.2 Å². The molecule has 0 saturated carbocycles. The standard InChI is InChI=1S/C13H16N4O6S/c1-14-24(21,22)16-12(19)17-7-10(11(17)18)15-13(20)23-8-9-5-3-2-4-6-9/h2-6,10,14H,7-8H2,1H3,(H,15,20)(H,16,19). The maximum Gasteiger partial charge on any atom is 0.408 e. The Morgan fingerprint density at radius 3 is 2.54 bits per heavy atom. The molecule has 0 aliphatic carbocycles. The lowest BCUT2D eigenvalue weighted by Crippen LogP contribution is -2.67. The number of likely N-dealkylation sites (tertiary alicyclic amines) is 1. The van der Waals surface area contributed by atoms with Gasteiger partial charge in [-0.25, -0.2) is 19.0 Å². The van der Waals surface area contributed by atoms with Gasteiger partial charge in [-0.2, -0.15) is 8.42 Å². The number of amides is 4. The van der Waals surface area contributed by atoms with Gasteiger partial charge in [0.15, 0.2) is 0 Å². The van der Waals surface area contributed by atoms with Crippen molar-refractivity contribution in [2.45, 2.75) is 12.6 Å². The molecular weight excluding hydrogens is 340 g/mol. The second-order valence-corrected chi connectivity index (χ2v) is 6.44. The normalized spacial score (nSPS) is 17.0. The summed E-state index contributed by atoms with van der Waals surface area (Å²) in [5.74, 6) is -0.726. The van der Waals surface area contributed by atoms with Gasteiger partial charge in [-0.3, -0.25) is 9.69 Å². The average Bonchev–Trinajstić information content (AvgIpc) is 2.56. The molecule has 130 valence electrons. The average molecular weight is 356 g/mol. The number of ether oxygens (including phenoxy) is 1. The first-order valence-electron chi connectivity index (χ1n) is 6.86. The molecule has 1 unspecified atom stereocenters. The highest BCUT2D eigenvalue weighted by atomic mass is 32.2. The van der Waals surface area contributed by atoms with Crippen LogP contribution in [0.1, 0.15) is 5.56 Å². The van der Waals surface area contributed by atoms with Crippen LogP contribution >= 0.6 is 0 Å². The summed E-state index contributed by atoms with van der Waals surface area (Å²) in [7, 11) is -2.89. The Balaban J connectivity index is 1.77. The number of imide groups is 1. The summed E-state index contributed by atoms with van der Waals surface area (Å²) >= 11 is 0. The maximum atomic E-state index is 11.8. The molecule has 1 aliphatic rings. The molecule has 24 heavy (non-hydrogen) atoms. The first-order valence-corrected chi connectivity index (χ1v) is 8.34. The van der Waals surface area contributed by atoms with Crippen molar-refractivity contribution in [3.8, 4) is 0 Å². The van der Waals surface area contributed by atoms with E-state index in [0.29, 0.717) is 4.90 Å². The topological polar surface area (TPSA) is 134 Å². The molecular formula is C13H16N4O6S. The van der Waals surface area contributed by atoms with Crippen molar-refractivity contribution in [3.05, 3.63) is 35.9 Å². The SMILES string of the molecule is CNS(=O)(=O)NC(=O)N1CC(NC(=O)OCc2ccccc2)C1=O. The Morgan fingerprint density at radius 2 is 1.96 bits per heavy atom. The van der Waals surface area contributed by atoms with Gasteiger partial charge >= 0.3 is 22.3 Å². The molecule has 1 aromatic rings. The lowest BCUT2D eigenvalue weighted by atomic mass is 10.1. The number of rotatable bonds is 5. The predicted octanol–water partition coefficient (Wildman–Crippen LogP) is -0.703. The fourth-order valence-corrected chi connectivity index (χ4v) is 2.29. The molecule has 4 amide bonds. The number of nitrogens with zero attached hydrogens (tertiary/aromatic N) is 1. The zero-order chi connectivity index (χ0) is 17.7. The maximum absolute atomic E-state index is 11.8. The molecule has 1 aromatic carbocycles. The minimum Gasteiger partial charge on any atom is -0.445 e. The Morgan fingerprint density at radius 1 is 1.29 bits per heavy atom. The quantitative estimate of drug-likeness (QED) is 0.597. The third kappa shape index (κ3) is 4.43. The van der Waals surface area contributed by atoms with Crippen LogP contribution in [-0.2, 0) is 26.3 Å². The number of urea groups is 1. The monoisotopic (exact) mass is 356 g/mol. The highest BCUT2D eigenvalue weighted by Gasteiger charge is 2.43. The van der Waals surface area contributed by atoms with Gasteiger partial charge in [-0.15, -0.1) is 0 Å². The number of alkyl carbamates (subject to hydrolysis) is 1. The Kier molecular flexibility index (Phi) is 5.36. The molecule has 1 aliphatic heterocycles. The number of hydrogen-bond acceptors (Lipinski definition) is 6. The molecule has 1 fully saturated rings. The molecule has 2 rings (SSSR count).